The van der Waals surface area contributed by atoms with Gasteiger partial charge in [0, 0.05) is 10.9 Å². The lowest BCUT2D eigenvalue weighted by molar-refractivity contribution is -0.149. The van der Waals surface area contributed by atoms with Crippen molar-refractivity contribution in [3.63, 3.8) is 0 Å². The molecule has 0 bridgehead atoms. The number of hydrogen-bond acceptors (Lipinski definition) is 3. The Morgan fingerprint density at radius 2 is 1.95 bits per heavy atom. The maximum atomic E-state index is 12.1. The van der Waals surface area contributed by atoms with Crippen LogP contribution in [0.3, 0.4) is 0 Å². The average Bonchev–Trinajstić information content (AvgIpc) is 2.99. The summed E-state index contributed by atoms with van der Waals surface area (Å²) in [5.74, 6) is -0.239. The molecule has 0 radical (unpaired) electrons. The highest BCUT2D eigenvalue weighted by Gasteiger charge is 2.71. The van der Waals surface area contributed by atoms with Crippen molar-refractivity contribution in [1.82, 2.24) is 0 Å². The van der Waals surface area contributed by atoms with E-state index in [4.69, 9.17) is 9.47 Å². The van der Waals surface area contributed by atoms with E-state index in [9.17, 15) is 4.79 Å². The first-order chi connectivity index (χ1) is 8.97. The standard InChI is InChI=1S/C15H19BrO3/c1-4-15(13(17)18-5-2)14(3,19-15)10-11-6-8-12(16)9-7-11/h6-9H,4-5,10H2,1-3H3. The van der Waals surface area contributed by atoms with Gasteiger partial charge in [-0.3, -0.25) is 0 Å². The fourth-order valence-electron chi connectivity index (χ4n) is 2.63. The van der Waals surface area contributed by atoms with Crippen molar-refractivity contribution in [2.75, 3.05) is 6.61 Å². The molecule has 1 fully saturated rings. The normalized spacial score (nSPS) is 29.1. The van der Waals surface area contributed by atoms with Gasteiger partial charge >= 0.3 is 5.97 Å². The van der Waals surface area contributed by atoms with E-state index in [2.05, 4.69) is 15.9 Å². The molecule has 104 valence electrons. The molecule has 0 amide bonds. The Morgan fingerprint density at radius 3 is 2.47 bits per heavy atom. The molecule has 1 aromatic rings. The molecule has 1 aliphatic heterocycles. The molecule has 0 aliphatic carbocycles. The van der Waals surface area contributed by atoms with Gasteiger partial charge in [0.15, 0.2) is 5.60 Å². The van der Waals surface area contributed by atoms with Crippen LogP contribution >= 0.6 is 15.9 Å². The van der Waals surface area contributed by atoms with Crippen molar-refractivity contribution < 1.29 is 14.3 Å². The molecule has 1 saturated heterocycles. The third-order valence-electron chi connectivity index (χ3n) is 3.77. The number of epoxide rings is 1. The summed E-state index contributed by atoms with van der Waals surface area (Å²) in [5, 5.41) is 0. The largest absolute Gasteiger partial charge is 0.464 e. The van der Waals surface area contributed by atoms with Crippen LogP contribution in [0, 0.1) is 0 Å². The first-order valence-electron chi connectivity index (χ1n) is 6.59. The summed E-state index contributed by atoms with van der Waals surface area (Å²) in [4.78, 5) is 12.1. The minimum absolute atomic E-state index is 0.239. The van der Waals surface area contributed by atoms with Gasteiger partial charge < -0.3 is 9.47 Å². The van der Waals surface area contributed by atoms with E-state index in [1.165, 1.54) is 0 Å². The topological polar surface area (TPSA) is 38.8 Å². The number of carbonyl (C=O) groups excluding carboxylic acids is 1. The lowest BCUT2D eigenvalue weighted by Gasteiger charge is -2.14. The lowest BCUT2D eigenvalue weighted by atomic mass is 9.86. The van der Waals surface area contributed by atoms with Gasteiger partial charge in [-0.05, 0) is 38.0 Å². The second-order valence-electron chi connectivity index (χ2n) is 5.04. The molecule has 0 aromatic heterocycles. The van der Waals surface area contributed by atoms with E-state index in [0.717, 1.165) is 10.0 Å². The Kier molecular flexibility index (Phi) is 4.02. The molecule has 3 nitrogen and oxygen atoms in total. The van der Waals surface area contributed by atoms with Crippen LogP contribution in [0.5, 0.6) is 0 Å². The zero-order chi connectivity index (χ0) is 14.1. The van der Waals surface area contributed by atoms with Crippen molar-refractivity contribution in [1.29, 1.82) is 0 Å². The van der Waals surface area contributed by atoms with Crippen LogP contribution in [-0.4, -0.2) is 23.8 Å². The van der Waals surface area contributed by atoms with Crippen molar-refractivity contribution in [3.05, 3.63) is 34.3 Å². The zero-order valence-corrected chi connectivity index (χ0v) is 13.1. The van der Waals surface area contributed by atoms with Gasteiger partial charge in [0.1, 0.15) is 5.60 Å². The molecule has 0 spiro atoms. The molecule has 2 unspecified atom stereocenters. The summed E-state index contributed by atoms with van der Waals surface area (Å²) < 4.78 is 12.0. The average molecular weight is 327 g/mol. The highest BCUT2D eigenvalue weighted by Crippen LogP contribution is 2.53. The predicted octanol–water partition coefficient (Wildman–Crippen LogP) is 3.49. The number of ether oxygens (including phenoxy) is 2. The number of halogens is 1. The Bertz CT molecular complexity index is 471. The molecule has 1 heterocycles. The third kappa shape index (κ3) is 2.56. The second-order valence-corrected chi connectivity index (χ2v) is 5.95. The number of carbonyl (C=O) groups is 1. The minimum atomic E-state index is -0.768. The molecular formula is C15H19BrO3. The van der Waals surface area contributed by atoms with E-state index >= 15 is 0 Å². The smallest absolute Gasteiger partial charge is 0.341 e. The van der Waals surface area contributed by atoms with Crippen molar-refractivity contribution in [3.8, 4) is 0 Å². The Labute approximate surface area is 122 Å². The quantitative estimate of drug-likeness (QED) is 0.614. The van der Waals surface area contributed by atoms with Crippen molar-refractivity contribution in [2.45, 2.75) is 44.8 Å². The van der Waals surface area contributed by atoms with Crippen LogP contribution in [0.4, 0.5) is 0 Å². The van der Waals surface area contributed by atoms with E-state index < -0.39 is 11.2 Å². The Balaban J connectivity index is 2.12. The van der Waals surface area contributed by atoms with E-state index in [-0.39, 0.29) is 5.97 Å². The summed E-state index contributed by atoms with van der Waals surface area (Å²) in [6.07, 6.45) is 1.35. The van der Waals surface area contributed by atoms with Gasteiger partial charge in [-0.25, -0.2) is 4.79 Å². The number of hydrogen-bond donors (Lipinski definition) is 0. The highest BCUT2D eigenvalue weighted by atomic mass is 79.9. The second kappa shape index (κ2) is 5.25. The number of benzene rings is 1. The molecule has 19 heavy (non-hydrogen) atoms. The first kappa shape index (κ1) is 14.5. The Hall–Kier alpha value is -0.870. The maximum Gasteiger partial charge on any atom is 0.341 e. The van der Waals surface area contributed by atoms with E-state index in [0.29, 0.717) is 19.4 Å². The molecule has 2 rings (SSSR count). The summed E-state index contributed by atoms with van der Waals surface area (Å²) >= 11 is 3.42. The number of rotatable bonds is 5. The Morgan fingerprint density at radius 1 is 1.32 bits per heavy atom. The zero-order valence-electron chi connectivity index (χ0n) is 11.5. The van der Waals surface area contributed by atoms with E-state index in [1.807, 2.05) is 45.0 Å². The van der Waals surface area contributed by atoms with Gasteiger partial charge in [-0.15, -0.1) is 0 Å². The first-order valence-corrected chi connectivity index (χ1v) is 7.38. The molecular weight excluding hydrogens is 308 g/mol. The SMILES string of the molecule is CCOC(=O)C1(CC)OC1(C)Cc1ccc(Br)cc1. The highest BCUT2D eigenvalue weighted by molar-refractivity contribution is 9.10. The fraction of sp³-hybridized carbons (Fsp3) is 0.533. The van der Waals surface area contributed by atoms with Crippen molar-refractivity contribution >= 4 is 21.9 Å². The molecule has 4 heteroatoms. The van der Waals surface area contributed by atoms with Crippen LogP contribution < -0.4 is 0 Å². The summed E-state index contributed by atoms with van der Waals surface area (Å²) in [6.45, 7) is 6.15. The van der Waals surface area contributed by atoms with Crippen LogP contribution in [0.1, 0.15) is 32.8 Å². The predicted molar refractivity (Wildman–Crippen MR) is 77.0 cm³/mol. The minimum Gasteiger partial charge on any atom is -0.464 e. The maximum absolute atomic E-state index is 12.1. The van der Waals surface area contributed by atoms with Gasteiger partial charge in [0.05, 0.1) is 6.61 Å². The van der Waals surface area contributed by atoms with Crippen molar-refractivity contribution in [2.24, 2.45) is 0 Å². The van der Waals surface area contributed by atoms with Crippen LogP contribution in [0.15, 0.2) is 28.7 Å². The van der Waals surface area contributed by atoms with Crippen LogP contribution in [0.2, 0.25) is 0 Å². The molecule has 1 aromatic carbocycles. The third-order valence-corrected chi connectivity index (χ3v) is 4.30. The molecule has 1 aliphatic rings. The monoisotopic (exact) mass is 326 g/mol. The number of esters is 1. The van der Waals surface area contributed by atoms with Gasteiger partial charge in [0.25, 0.3) is 0 Å². The lowest BCUT2D eigenvalue weighted by Crippen LogP contribution is -2.35. The van der Waals surface area contributed by atoms with Crippen LogP contribution in [0.25, 0.3) is 0 Å². The molecule has 0 saturated carbocycles. The molecule has 0 N–H and O–H groups in total. The van der Waals surface area contributed by atoms with Gasteiger partial charge in [0.2, 0.25) is 0 Å². The summed E-state index contributed by atoms with van der Waals surface area (Å²) in [6, 6.07) is 8.09. The van der Waals surface area contributed by atoms with Gasteiger partial charge in [-0.1, -0.05) is 35.0 Å². The van der Waals surface area contributed by atoms with Crippen LogP contribution in [-0.2, 0) is 20.7 Å². The summed E-state index contributed by atoms with van der Waals surface area (Å²) in [7, 11) is 0. The van der Waals surface area contributed by atoms with E-state index in [1.54, 1.807) is 0 Å². The summed E-state index contributed by atoms with van der Waals surface area (Å²) in [5.41, 5.74) is -0.0666. The molecule has 2 atom stereocenters. The fourth-order valence-corrected chi connectivity index (χ4v) is 2.89. The van der Waals surface area contributed by atoms with Gasteiger partial charge in [-0.2, -0.15) is 0 Å².